The number of hydrogen-bond donors (Lipinski definition) is 2. The van der Waals surface area contributed by atoms with E-state index >= 15 is 0 Å². The molecule has 0 spiro atoms. The molecule has 0 aromatic heterocycles. The fourth-order valence-electron chi connectivity index (χ4n) is 1.19. The van der Waals surface area contributed by atoms with Gasteiger partial charge in [0.1, 0.15) is 0 Å². The number of nitrogens with two attached hydrogens (primary N) is 1. The minimum absolute atomic E-state index is 0.0420. The van der Waals surface area contributed by atoms with Crippen LogP contribution in [0.5, 0.6) is 0 Å². The molecule has 0 heterocycles. The molecule has 0 fully saturated rings. The Bertz CT molecular complexity index is 367. The SMILES string of the molecule is CCCCS(=O)C(=N)N(N)c1ccccc1. The summed E-state index contributed by atoms with van der Waals surface area (Å²) in [5, 5.41) is 8.85. The molecule has 5 heteroatoms. The Morgan fingerprint density at radius 3 is 2.62 bits per heavy atom. The highest BCUT2D eigenvalue weighted by Gasteiger charge is 2.13. The predicted molar refractivity (Wildman–Crippen MR) is 68.8 cm³/mol. The van der Waals surface area contributed by atoms with Crippen molar-refractivity contribution in [3.8, 4) is 0 Å². The van der Waals surface area contributed by atoms with Crippen LogP contribution in [0.15, 0.2) is 30.3 Å². The van der Waals surface area contributed by atoms with E-state index in [0.29, 0.717) is 11.4 Å². The third kappa shape index (κ3) is 3.43. The van der Waals surface area contributed by atoms with Crippen LogP contribution < -0.4 is 10.9 Å². The molecule has 0 saturated carbocycles. The number of nitrogens with zero attached hydrogens (tertiary/aromatic N) is 1. The maximum atomic E-state index is 11.7. The number of amidine groups is 1. The first-order valence-electron chi connectivity index (χ1n) is 5.23. The zero-order valence-electron chi connectivity index (χ0n) is 9.35. The van der Waals surface area contributed by atoms with Crippen LogP contribution >= 0.6 is 0 Å². The Labute approximate surface area is 98.4 Å². The lowest BCUT2D eigenvalue weighted by molar-refractivity contribution is 0.685. The first-order valence-corrected chi connectivity index (χ1v) is 6.55. The van der Waals surface area contributed by atoms with E-state index in [0.717, 1.165) is 12.8 Å². The van der Waals surface area contributed by atoms with Gasteiger partial charge in [0.15, 0.2) is 0 Å². The third-order valence-electron chi connectivity index (χ3n) is 2.15. The van der Waals surface area contributed by atoms with E-state index in [4.69, 9.17) is 11.3 Å². The molecule has 0 saturated heterocycles. The molecule has 4 nitrogen and oxygen atoms in total. The lowest BCUT2D eigenvalue weighted by Crippen LogP contribution is -2.40. The van der Waals surface area contributed by atoms with Gasteiger partial charge in [0, 0.05) is 5.75 Å². The van der Waals surface area contributed by atoms with Crippen molar-refractivity contribution in [2.75, 3.05) is 10.8 Å². The lowest BCUT2D eigenvalue weighted by Gasteiger charge is -2.18. The summed E-state index contributed by atoms with van der Waals surface area (Å²) >= 11 is 0. The number of unbranched alkanes of at least 4 members (excludes halogenated alkanes) is 1. The molecule has 1 rings (SSSR count). The van der Waals surface area contributed by atoms with Crippen LogP contribution in [0.4, 0.5) is 5.69 Å². The molecule has 16 heavy (non-hydrogen) atoms. The molecule has 3 N–H and O–H groups in total. The van der Waals surface area contributed by atoms with E-state index in [2.05, 4.69) is 0 Å². The van der Waals surface area contributed by atoms with E-state index in [1.54, 1.807) is 12.1 Å². The Morgan fingerprint density at radius 1 is 1.44 bits per heavy atom. The Morgan fingerprint density at radius 2 is 2.06 bits per heavy atom. The maximum Gasteiger partial charge on any atom is 0.206 e. The maximum absolute atomic E-state index is 11.7. The monoisotopic (exact) mass is 239 g/mol. The quantitative estimate of drug-likeness (QED) is 0.364. The third-order valence-corrected chi connectivity index (χ3v) is 3.44. The standard InChI is InChI=1S/C11H17N3OS/c1-2-3-9-16(15)11(12)14(13)10-7-5-4-6-8-10/h4-8,12H,2-3,9,13H2,1H3. The van der Waals surface area contributed by atoms with Crippen LogP contribution in [-0.2, 0) is 10.8 Å². The van der Waals surface area contributed by atoms with Crippen molar-refractivity contribution in [3.63, 3.8) is 0 Å². The van der Waals surface area contributed by atoms with Gasteiger partial charge in [0.05, 0.1) is 16.5 Å². The molecule has 88 valence electrons. The fraction of sp³-hybridized carbons (Fsp3) is 0.364. The number of hydrazine groups is 1. The topological polar surface area (TPSA) is 70.2 Å². The average Bonchev–Trinajstić information content (AvgIpc) is 2.35. The predicted octanol–water partition coefficient (Wildman–Crippen LogP) is 1.85. The van der Waals surface area contributed by atoms with E-state index in [9.17, 15) is 4.21 Å². The van der Waals surface area contributed by atoms with E-state index in [-0.39, 0.29) is 5.17 Å². The molecule has 0 aliphatic heterocycles. The molecule has 0 radical (unpaired) electrons. The van der Waals surface area contributed by atoms with Crippen molar-refractivity contribution < 1.29 is 4.21 Å². The van der Waals surface area contributed by atoms with Gasteiger partial charge >= 0.3 is 0 Å². The Balaban J connectivity index is 2.64. The van der Waals surface area contributed by atoms with Crippen LogP contribution in [0.1, 0.15) is 19.8 Å². The lowest BCUT2D eigenvalue weighted by atomic mass is 10.3. The summed E-state index contributed by atoms with van der Waals surface area (Å²) in [5.74, 6) is 6.22. The second-order valence-corrected chi connectivity index (χ2v) is 4.90. The van der Waals surface area contributed by atoms with Crippen molar-refractivity contribution in [1.82, 2.24) is 0 Å². The highest BCUT2D eigenvalue weighted by Crippen LogP contribution is 2.10. The van der Waals surface area contributed by atoms with Gasteiger partial charge in [-0.2, -0.15) is 0 Å². The van der Waals surface area contributed by atoms with Crippen molar-refractivity contribution in [2.45, 2.75) is 19.8 Å². The van der Waals surface area contributed by atoms with Gasteiger partial charge in [-0.15, -0.1) is 0 Å². The van der Waals surface area contributed by atoms with Crippen molar-refractivity contribution >= 4 is 21.7 Å². The number of hydrogen-bond acceptors (Lipinski definition) is 3. The molecule has 0 amide bonds. The Hall–Kier alpha value is -1.20. The molecular formula is C11H17N3OS. The first-order chi connectivity index (χ1) is 7.66. The fourth-order valence-corrected chi connectivity index (χ4v) is 2.26. The molecule has 1 aromatic carbocycles. The first kappa shape index (κ1) is 12.9. The zero-order valence-corrected chi connectivity index (χ0v) is 10.2. The van der Waals surface area contributed by atoms with Gasteiger partial charge in [-0.1, -0.05) is 31.5 Å². The number of rotatable bonds is 4. The van der Waals surface area contributed by atoms with Crippen molar-refractivity contribution in [2.24, 2.45) is 5.84 Å². The smallest absolute Gasteiger partial charge is 0.206 e. The van der Waals surface area contributed by atoms with E-state index in [1.807, 2.05) is 25.1 Å². The average molecular weight is 239 g/mol. The summed E-state index contributed by atoms with van der Waals surface area (Å²) in [4.78, 5) is 0. The van der Waals surface area contributed by atoms with Crippen LogP contribution in [0.25, 0.3) is 0 Å². The summed E-state index contributed by atoms with van der Waals surface area (Å²) in [6.07, 6.45) is 1.81. The van der Waals surface area contributed by atoms with Crippen molar-refractivity contribution in [1.29, 1.82) is 5.41 Å². The highest BCUT2D eigenvalue weighted by atomic mass is 32.2. The van der Waals surface area contributed by atoms with Gasteiger partial charge < -0.3 is 0 Å². The van der Waals surface area contributed by atoms with Gasteiger partial charge in [0.25, 0.3) is 0 Å². The van der Waals surface area contributed by atoms with Gasteiger partial charge in [-0.3, -0.25) is 14.6 Å². The molecular weight excluding hydrogens is 222 g/mol. The summed E-state index contributed by atoms with van der Waals surface area (Å²) in [6.45, 7) is 2.03. The largest absolute Gasteiger partial charge is 0.275 e. The highest BCUT2D eigenvalue weighted by molar-refractivity contribution is 8.00. The number of nitrogens with one attached hydrogen (secondary N) is 1. The summed E-state index contributed by atoms with van der Waals surface area (Å²) in [5.41, 5.74) is 0.678. The zero-order chi connectivity index (χ0) is 12.0. The van der Waals surface area contributed by atoms with Crippen LogP contribution in [0.2, 0.25) is 0 Å². The molecule has 1 unspecified atom stereocenters. The summed E-state index contributed by atoms with van der Waals surface area (Å²) in [6, 6.07) is 9.10. The molecule has 1 aromatic rings. The molecule has 1 atom stereocenters. The van der Waals surface area contributed by atoms with Crippen molar-refractivity contribution in [3.05, 3.63) is 30.3 Å². The second-order valence-electron chi connectivity index (χ2n) is 3.41. The van der Waals surface area contributed by atoms with Crippen LogP contribution in [0, 0.1) is 5.41 Å². The number of benzene rings is 1. The second kappa shape index (κ2) is 6.40. The minimum atomic E-state index is -1.31. The van der Waals surface area contributed by atoms with E-state index in [1.165, 1.54) is 5.01 Å². The number of anilines is 1. The summed E-state index contributed by atoms with van der Waals surface area (Å²) in [7, 11) is -1.31. The molecule has 0 aliphatic carbocycles. The minimum Gasteiger partial charge on any atom is -0.275 e. The molecule has 0 aliphatic rings. The van der Waals surface area contributed by atoms with Gasteiger partial charge in [0.2, 0.25) is 5.17 Å². The van der Waals surface area contributed by atoms with E-state index < -0.39 is 10.8 Å². The van der Waals surface area contributed by atoms with Crippen LogP contribution in [0.3, 0.4) is 0 Å². The van der Waals surface area contributed by atoms with Crippen LogP contribution in [-0.4, -0.2) is 15.1 Å². The summed E-state index contributed by atoms with van der Waals surface area (Å²) < 4.78 is 11.7. The number of para-hydroxylation sites is 1. The molecule has 0 bridgehead atoms. The van der Waals surface area contributed by atoms with Gasteiger partial charge in [-0.05, 0) is 18.6 Å². The normalized spacial score (nSPS) is 12.1. The van der Waals surface area contributed by atoms with Gasteiger partial charge in [-0.25, -0.2) is 5.84 Å². The Kier molecular flexibility index (Phi) is 5.14.